The molecular formula is C33H59LiN10O8P2. The molecule has 0 aromatic carbocycles. The van der Waals surface area contributed by atoms with Crippen LogP contribution < -0.4 is 35.9 Å². The van der Waals surface area contributed by atoms with Crippen molar-refractivity contribution in [1.82, 2.24) is 39.0 Å². The van der Waals surface area contributed by atoms with Gasteiger partial charge in [-0.1, -0.05) is 64.8 Å². The zero-order chi connectivity index (χ0) is 36.9. The Bertz CT molecular complexity index is 1950. The third kappa shape index (κ3) is 17.1. The van der Waals surface area contributed by atoms with Gasteiger partial charge in [0.25, 0.3) is 5.56 Å². The summed E-state index contributed by atoms with van der Waals surface area (Å²) < 4.78 is 37.5. The fourth-order valence-corrected chi connectivity index (χ4v) is 6.75. The number of nitrogens with one attached hydrogen (secondary N) is 1. The van der Waals surface area contributed by atoms with Gasteiger partial charge in [0.1, 0.15) is 5.52 Å². The molecular weight excluding hydrogens is 733 g/mol. The first-order valence-corrected chi connectivity index (χ1v) is 20.1. The van der Waals surface area contributed by atoms with Crippen molar-refractivity contribution in [2.45, 2.75) is 101 Å². The Morgan fingerprint density at radius 2 is 1.28 bits per heavy atom. The average Bonchev–Trinajstić information content (AvgIpc) is 3.61. The number of fused-ring (bicyclic) bond motifs is 2. The number of aromatic amines is 1. The molecule has 8 N–H and O–H groups in total. The second kappa shape index (κ2) is 25.1. The number of H-pyrrole nitrogens is 1. The second-order valence-electron chi connectivity index (χ2n) is 12.0. The van der Waals surface area contributed by atoms with Crippen molar-refractivity contribution in [1.29, 1.82) is 0 Å². The Morgan fingerprint density at radius 1 is 0.833 bits per heavy atom. The minimum Gasteiger partial charge on any atom is -0.870 e. The van der Waals surface area contributed by atoms with Crippen LogP contribution in [0.15, 0.2) is 40.7 Å². The van der Waals surface area contributed by atoms with Gasteiger partial charge in [0, 0.05) is 13.1 Å². The molecule has 0 fully saturated rings. The first kappa shape index (κ1) is 52.9. The van der Waals surface area contributed by atoms with Gasteiger partial charge in [0.2, 0.25) is 11.9 Å². The summed E-state index contributed by atoms with van der Waals surface area (Å²) in [5.41, 5.74) is 15.7. The smallest absolute Gasteiger partial charge is 0.870 e. The fraction of sp³-hybridized carbons (Fsp3) is 0.576. The van der Waals surface area contributed by atoms with E-state index in [2.05, 4.69) is 29.9 Å². The van der Waals surface area contributed by atoms with Crippen LogP contribution >= 0.6 is 15.2 Å². The number of imidazole rings is 2. The molecule has 0 amide bonds. The summed E-state index contributed by atoms with van der Waals surface area (Å²) in [6.07, 6.45) is 11.5. The van der Waals surface area contributed by atoms with E-state index in [9.17, 15) is 23.7 Å². The van der Waals surface area contributed by atoms with E-state index in [-0.39, 0.29) is 74.5 Å². The number of hydrogen-bond acceptors (Lipinski definition) is 13. The van der Waals surface area contributed by atoms with Gasteiger partial charge in [-0.05, 0) is 46.5 Å². The Kier molecular flexibility index (Phi) is 24.6. The second-order valence-corrected chi connectivity index (χ2v) is 15.9. The number of unbranched alkanes of at least 4 members (excludes halogenated alkanes) is 2. The van der Waals surface area contributed by atoms with Crippen LogP contribution in [0.3, 0.4) is 0 Å². The molecule has 0 bridgehead atoms. The van der Waals surface area contributed by atoms with Crippen molar-refractivity contribution in [2.24, 2.45) is 0 Å². The molecule has 0 aliphatic rings. The van der Waals surface area contributed by atoms with Gasteiger partial charge in [-0.2, -0.15) is 9.97 Å². The fourth-order valence-electron chi connectivity index (χ4n) is 4.76. The number of rotatable bonds is 18. The average molecular weight is 793 g/mol. The van der Waals surface area contributed by atoms with Crippen LogP contribution in [0.5, 0.6) is 0 Å². The van der Waals surface area contributed by atoms with Crippen molar-refractivity contribution in [2.75, 3.05) is 37.0 Å². The van der Waals surface area contributed by atoms with Gasteiger partial charge in [-0.25, -0.2) is 15.0 Å². The quantitative estimate of drug-likeness (QED) is 0.0419. The number of anilines is 2. The molecule has 0 saturated carbocycles. The first-order chi connectivity index (χ1) is 23.6. The Labute approximate surface area is 329 Å². The van der Waals surface area contributed by atoms with Gasteiger partial charge >= 0.3 is 34.1 Å². The number of nitrogen functional groups attached to an aromatic ring is 2. The van der Waals surface area contributed by atoms with Crippen molar-refractivity contribution in [3.05, 3.63) is 52.0 Å². The maximum atomic E-state index is 11.9. The van der Waals surface area contributed by atoms with E-state index >= 15 is 0 Å². The number of aryl methyl sites for hydroxylation is 1. The summed E-state index contributed by atoms with van der Waals surface area (Å²) in [5, 5.41) is 0. The molecule has 2 atom stereocenters. The standard InChI is InChI=1S/C16H26N5O3P.C15H24N5O4P.2CH4.Li.H2O/c1-4-5-8-24-25(22,23)9-6-7-12(2)10-21-11-18-14-13(3)19-16(17)20-15(14)21;1-3-4-7-24-25(22,23)8-5-6-11(2)9-20-10-17-12-13(20)18-15(16)19-14(12)21;;;;/h7,11H,4-6,8-10H2,1-3H3,(H,22,23)(H2,17,19,20);6,10H,3-5,7-9H2,1-2H3,(H,22,23)(H3,16,18,19,21);2*1H4;;1H2/q;;;;+1;/p-1/b12-7-;11-6-;;;;. The molecule has 54 heavy (non-hydrogen) atoms. The van der Waals surface area contributed by atoms with Crippen molar-refractivity contribution >= 4 is 49.4 Å². The molecule has 0 aliphatic heterocycles. The third-order valence-electron chi connectivity index (χ3n) is 7.38. The number of nitrogens with two attached hydrogens (primary N) is 2. The third-order valence-corrected chi connectivity index (χ3v) is 10.2. The molecule has 4 rings (SSSR count). The van der Waals surface area contributed by atoms with Gasteiger partial charge in [-0.3, -0.25) is 18.9 Å². The van der Waals surface area contributed by atoms with Crippen LogP contribution in [0.25, 0.3) is 22.3 Å². The summed E-state index contributed by atoms with van der Waals surface area (Å²) in [7, 11) is -7.04. The predicted molar refractivity (Wildman–Crippen MR) is 210 cm³/mol. The largest absolute Gasteiger partial charge is 1.00 e. The van der Waals surface area contributed by atoms with Crippen LogP contribution in [0.1, 0.15) is 86.8 Å². The predicted octanol–water partition coefficient (Wildman–Crippen LogP) is 3.20. The Hall–Kier alpha value is -3.16. The maximum Gasteiger partial charge on any atom is 1.00 e. The Morgan fingerprint density at radius 3 is 1.74 bits per heavy atom. The number of hydrogen-bond donors (Lipinski definition) is 5. The van der Waals surface area contributed by atoms with Crippen LogP contribution in [0, 0.1) is 6.92 Å². The van der Waals surface area contributed by atoms with Crippen LogP contribution in [0.2, 0.25) is 0 Å². The molecule has 2 unspecified atom stereocenters. The molecule has 4 aromatic heterocycles. The van der Waals surface area contributed by atoms with Crippen molar-refractivity contribution in [3.63, 3.8) is 0 Å². The molecule has 4 aromatic rings. The van der Waals surface area contributed by atoms with Crippen molar-refractivity contribution in [3.8, 4) is 0 Å². The van der Waals surface area contributed by atoms with Crippen LogP contribution in [-0.4, -0.2) is 79.8 Å². The molecule has 4 heterocycles. The summed E-state index contributed by atoms with van der Waals surface area (Å²) >= 11 is 0. The first-order valence-electron chi connectivity index (χ1n) is 16.5. The number of nitrogens with zero attached hydrogens (tertiary/aromatic N) is 7. The molecule has 0 spiro atoms. The minimum atomic E-state index is -3.54. The van der Waals surface area contributed by atoms with E-state index in [1.165, 1.54) is 6.33 Å². The molecule has 0 saturated heterocycles. The SMILES string of the molecule is C.C.CCCCOP(=O)(O)CC/C=C(/C)Cn1cnc2c(=O)[nH]c(N)nc21.CCCCOP(=O)(O)CC/C=C(/C)Cn1cnc2c(C)nc(N)nc21.[Li+].[OH-]. The number of allylic oxidation sites excluding steroid dienone is 4. The summed E-state index contributed by atoms with van der Waals surface area (Å²) in [4.78, 5) is 54.5. The van der Waals surface area contributed by atoms with Gasteiger partial charge in [0.05, 0.1) is 43.9 Å². The van der Waals surface area contributed by atoms with Gasteiger partial charge in [-0.15, -0.1) is 0 Å². The number of aromatic nitrogens is 8. The molecule has 21 heteroatoms. The zero-order valence-corrected chi connectivity index (χ0v) is 32.6. The topological polar surface area (TPSA) is 282 Å². The summed E-state index contributed by atoms with van der Waals surface area (Å²) in [6, 6.07) is 0. The Balaban J connectivity index is 0. The van der Waals surface area contributed by atoms with E-state index in [1.54, 1.807) is 10.9 Å². The summed E-state index contributed by atoms with van der Waals surface area (Å²) in [5.74, 6) is 0.255. The summed E-state index contributed by atoms with van der Waals surface area (Å²) in [6.45, 7) is 11.4. The molecule has 18 nitrogen and oxygen atoms in total. The van der Waals surface area contributed by atoms with E-state index in [1.807, 2.05) is 51.3 Å². The molecule has 300 valence electrons. The van der Waals surface area contributed by atoms with Crippen LogP contribution in [-0.2, 0) is 31.3 Å². The van der Waals surface area contributed by atoms with E-state index in [4.69, 9.17) is 20.5 Å². The van der Waals surface area contributed by atoms with Crippen LogP contribution in [0.4, 0.5) is 11.9 Å². The zero-order valence-electron chi connectivity index (χ0n) is 30.9. The monoisotopic (exact) mass is 792 g/mol. The van der Waals surface area contributed by atoms with E-state index < -0.39 is 15.2 Å². The minimum absolute atomic E-state index is 0. The van der Waals surface area contributed by atoms with Gasteiger partial charge in [0.15, 0.2) is 16.8 Å². The normalized spacial score (nSPS) is 13.7. The molecule has 0 radical (unpaired) electrons. The maximum absolute atomic E-state index is 11.9. The van der Waals surface area contributed by atoms with E-state index in [0.29, 0.717) is 50.4 Å². The molecule has 0 aliphatic carbocycles. The van der Waals surface area contributed by atoms with Gasteiger partial charge < -0.3 is 44.9 Å². The van der Waals surface area contributed by atoms with Crippen molar-refractivity contribution < 1.29 is 52.3 Å². The van der Waals surface area contributed by atoms with E-state index in [0.717, 1.165) is 48.0 Å².